The summed E-state index contributed by atoms with van der Waals surface area (Å²) in [4.78, 5) is 0. The molecule has 0 aliphatic heterocycles. The predicted octanol–water partition coefficient (Wildman–Crippen LogP) is 3.17. The third kappa shape index (κ3) is 2.97. The van der Waals surface area contributed by atoms with Crippen molar-refractivity contribution >= 4 is 0 Å². The van der Waals surface area contributed by atoms with E-state index < -0.39 is 6.10 Å². The molecule has 18 heavy (non-hydrogen) atoms. The van der Waals surface area contributed by atoms with Crippen LogP contribution in [0.1, 0.15) is 12.0 Å². The number of aliphatic hydroxyl groups is 1. The average Bonchev–Trinajstić information content (AvgIpc) is 2.40. The van der Waals surface area contributed by atoms with E-state index in [4.69, 9.17) is 5.26 Å². The first-order valence-corrected chi connectivity index (χ1v) is 5.99. The van der Waals surface area contributed by atoms with Crippen LogP contribution in [0.4, 0.5) is 0 Å². The Bertz CT molecular complexity index is 543. The molecule has 0 spiro atoms. The topological polar surface area (TPSA) is 44.0 Å². The van der Waals surface area contributed by atoms with Gasteiger partial charge in [0.1, 0.15) is 0 Å². The summed E-state index contributed by atoms with van der Waals surface area (Å²) in [6, 6.07) is 20.1. The van der Waals surface area contributed by atoms with Crippen LogP contribution in [-0.2, 0) is 6.42 Å². The van der Waals surface area contributed by atoms with Crippen LogP contribution in [0.15, 0.2) is 54.6 Å². The van der Waals surface area contributed by atoms with Crippen molar-refractivity contribution < 1.29 is 5.11 Å². The zero-order chi connectivity index (χ0) is 12.8. The first-order valence-electron chi connectivity index (χ1n) is 5.99. The van der Waals surface area contributed by atoms with Crippen LogP contribution in [0, 0.1) is 11.3 Å². The van der Waals surface area contributed by atoms with Gasteiger partial charge in [0.25, 0.3) is 0 Å². The maximum atomic E-state index is 9.75. The Hall–Kier alpha value is -2.11. The van der Waals surface area contributed by atoms with Crippen LogP contribution >= 0.6 is 0 Å². The molecule has 90 valence electrons. The monoisotopic (exact) mass is 237 g/mol. The molecule has 1 N–H and O–H groups in total. The van der Waals surface area contributed by atoms with Gasteiger partial charge < -0.3 is 5.11 Å². The van der Waals surface area contributed by atoms with Gasteiger partial charge in [-0.3, -0.25) is 0 Å². The van der Waals surface area contributed by atoms with E-state index in [-0.39, 0.29) is 6.42 Å². The van der Waals surface area contributed by atoms with Crippen LogP contribution < -0.4 is 0 Å². The Morgan fingerprint density at radius 2 is 1.67 bits per heavy atom. The van der Waals surface area contributed by atoms with Crippen molar-refractivity contribution in [2.45, 2.75) is 18.9 Å². The summed E-state index contributed by atoms with van der Waals surface area (Å²) >= 11 is 0. The van der Waals surface area contributed by atoms with E-state index in [1.54, 1.807) is 0 Å². The molecule has 2 nitrogen and oxygen atoms in total. The maximum Gasteiger partial charge on any atom is 0.0710 e. The van der Waals surface area contributed by atoms with Gasteiger partial charge in [0.15, 0.2) is 0 Å². The molecule has 0 aliphatic rings. The molecule has 2 aromatic carbocycles. The standard InChI is InChI=1S/C16H15NO/c17-11-10-15(18)12-14-8-4-5-9-16(14)13-6-2-1-3-7-13/h1-9,15,18H,10,12H2/t15-/m1/s1. The van der Waals surface area contributed by atoms with Crippen molar-refractivity contribution in [1.29, 1.82) is 5.26 Å². The molecule has 2 aromatic rings. The molecule has 0 heterocycles. The lowest BCUT2D eigenvalue weighted by atomic mass is 9.95. The van der Waals surface area contributed by atoms with Gasteiger partial charge in [-0.25, -0.2) is 0 Å². The number of hydrogen-bond donors (Lipinski definition) is 1. The van der Waals surface area contributed by atoms with Gasteiger partial charge in [-0.2, -0.15) is 5.26 Å². The van der Waals surface area contributed by atoms with Crippen molar-refractivity contribution in [3.8, 4) is 17.2 Å². The van der Waals surface area contributed by atoms with Gasteiger partial charge in [0, 0.05) is 0 Å². The van der Waals surface area contributed by atoms with E-state index >= 15 is 0 Å². The lowest BCUT2D eigenvalue weighted by molar-refractivity contribution is 0.180. The summed E-state index contributed by atoms with van der Waals surface area (Å²) in [6.07, 6.45) is 0.0849. The largest absolute Gasteiger partial charge is 0.392 e. The fraction of sp³-hybridized carbons (Fsp3) is 0.188. The Morgan fingerprint density at radius 1 is 1.00 bits per heavy atom. The quantitative estimate of drug-likeness (QED) is 0.887. The van der Waals surface area contributed by atoms with E-state index in [0.717, 1.165) is 16.7 Å². The molecule has 2 rings (SSSR count). The SMILES string of the molecule is N#CC[C@@H](O)Cc1ccccc1-c1ccccc1. The fourth-order valence-corrected chi connectivity index (χ4v) is 2.03. The van der Waals surface area contributed by atoms with Crippen LogP contribution in [0.2, 0.25) is 0 Å². The molecule has 0 radical (unpaired) electrons. The fourth-order valence-electron chi connectivity index (χ4n) is 2.03. The number of benzene rings is 2. The zero-order valence-corrected chi connectivity index (χ0v) is 10.1. The van der Waals surface area contributed by atoms with Crippen LogP contribution in [0.3, 0.4) is 0 Å². The molecular formula is C16H15NO. The van der Waals surface area contributed by atoms with E-state index in [2.05, 4.69) is 12.1 Å². The third-order valence-corrected chi connectivity index (χ3v) is 2.88. The molecular weight excluding hydrogens is 222 g/mol. The minimum atomic E-state index is -0.597. The summed E-state index contributed by atoms with van der Waals surface area (Å²) in [5, 5.41) is 18.3. The van der Waals surface area contributed by atoms with Gasteiger partial charge in [-0.1, -0.05) is 54.6 Å². The van der Waals surface area contributed by atoms with Gasteiger partial charge in [-0.05, 0) is 23.1 Å². The number of hydrogen-bond acceptors (Lipinski definition) is 2. The highest BCUT2D eigenvalue weighted by Crippen LogP contribution is 2.24. The second kappa shape index (κ2) is 6.00. The normalized spacial score (nSPS) is 11.8. The minimum absolute atomic E-state index is 0.170. The summed E-state index contributed by atoms with van der Waals surface area (Å²) in [5.41, 5.74) is 3.33. The Morgan fingerprint density at radius 3 is 2.39 bits per heavy atom. The number of rotatable bonds is 4. The predicted molar refractivity (Wildman–Crippen MR) is 71.8 cm³/mol. The Kier molecular flexibility index (Phi) is 4.11. The van der Waals surface area contributed by atoms with E-state index in [1.807, 2.05) is 48.5 Å². The molecule has 0 aromatic heterocycles. The lowest BCUT2D eigenvalue weighted by Crippen LogP contribution is -2.09. The summed E-state index contributed by atoms with van der Waals surface area (Å²) in [5.74, 6) is 0. The second-order valence-corrected chi connectivity index (χ2v) is 4.24. The van der Waals surface area contributed by atoms with Crippen molar-refractivity contribution in [3.63, 3.8) is 0 Å². The third-order valence-electron chi connectivity index (χ3n) is 2.88. The van der Waals surface area contributed by atoms with Crippen molar-refractivity contribution in [2.24, 2.45) is 0 Å². The average molecular weight is 237 g/mol. The molecule has 0 bridgehead atoms. The van der Waals surface area contributed by atoms with Gasteiger partial charge >= 0.3 is 0 Å². The highest BCUT2D eigenvalue weighted by atomic mass is 16.3. The van der Waals surface area contributed by atoms with Crippen molar-refractivity contribution in [1.82, 2.24) is 0 Å². The minimum Gasteiger partial charge on any atom is -0.392 e. The number of nitrogens with zero attached hydrogens (tertiary/aromatic N) is 1. The lowest BCUT2D eigenvalue weighted by Gasteiger charge is -2.12. The van der Waals surface area contributed by atoms with E-state index in [0.29, 0.717) is 6.42 Å². The van der Waals surface area contributed by atoms with E-state index in [9.17, 15) is 5.11 Å². The highest BCUT2D eigenvalue weighted by molar-refractivity contribution is 5.67. The molecule has 0 amide bonds. The molecule has 0 unspecified atom stereocenters. The Labute approximate surface area is 107 Å². The summed E-state index contributed by atoms with van der Waals surface area (Å²) < 4.78 is 0. The first kappa shape index (κ1) is 12.3. The van der Waals surface area contributed by atoms with Gasteiger partial charge in [0.2, 0.25) is 0 Å². The van der Waals surface area contributed by atoms with Crippen molar-refractivity contribution in [3.05, 3.63) is 60.2 Å². The molecule has 0 saturated heterocycles. The molecule has 2 heteroatoms. The smallest absolute Gasteiger partial charge is 0.0710 e. The van der Waals surface area contributed by atoms with Gasteiger partial charge in [0.05, 0.1) is 18.6 Å². The van der Waals surface area contributed by atoms with Crippen LogP contribution in [0.5, 0.6) is 0 Å². The van der Waals surface area contributed by atoms with E-state index in [1.165, 1.54) is 0 Å². The summed E-state index contributed by atoms with van der Waals surface area (Å²) in [6.45, 7) is 0. The molecule has 1 atom stereocenters. The molecule has 0 aliphatic carbocycles. The highest BCUT2D eigenvalue weighted by Gasteiger charge is 2.09. The van der Waals surface area contributed by atoms with Crippen LogP contribution in [-0.4, -0.2) is 11.2 Å². The van der Waals surface area contributed by atoms with Gasteiger partial charge in [-0.15, -0.1) is 0 Å². The number of aliphatic hydroxyl groups excluding tert-OH is 1. The molecule has 0 fully saturated rings. The van der Waals surface area contributed by atoms with Crippen LogP contribution in [0.25, 0.3) is 11.1 Å². The number of nitriles is 1. The maximum absolute atomic E-state index is 9.75. The second-order valence-electron chi connectivity index (χ2n) is 4.24. The zero-order valence-electron chi connectivity index (χ0n) is 10.1. The van der Waals surface area contributed by atoms with Crippen molar-refractivity contribution in [2.75, 3.05) is 0 Å². The molecule has 0 saturated carbocycles. The first-order chi connectivity index (χ1) is 8.81. The summed E-state index contributed by atoms with van der Waals surface area (Å²) in [7, 11) is 0. The Balaban J connectivity index is 2.30.